The first-order valence-corrected chi connectivity index (χ1v) is 8.81. The fourth-order valence-electron chi connectivity index (χ4n) is 2.48. The maximum atomic E-state index is 12.5. The van der Waals surface area contributed by atoms with Gasteiger partial charge in [0.25, 0.3) is 5.91 Å². The maximum absolute atomic E-state index is 12.5. The molecule has 6 heteroatoms. The van der Waals surface area contributed by atoms with Crippen molar-refractivity contribution in [3.63, 3.8) is 0 Å². The molecule has 1 amide bonds. The zero-order valence-corrected chi connectivity index (χ0v) is 14.7. The number of carbonyl (C=O) groups excluding carboxylic acids is 1. The molecular weight excluding hydrogens is 322 g/mol. The van der Waals surface area contributed by atoms with Crippen molar-refractivity contribution in [2.24, 2.45) is 0 Å². The lowest BCUT2D eigenvalue weighted by molar-refractivity contribution is 0.102. The quantitative estimate of drug-likeness (QED) is 0.743. The number of hydrogen-bond acceptors (Lipinski definition) is 5. The summed E-state index contributed by atoms with van der Waals surface area (Å²) < 4.78 is 5.17. The van der Waals surface area contributed by atoms with Crippen molar-refractivity contribution in [3.8, 4) is 11.3 Å². The Morgan fingerprint density at radius 1 is 1.21 bits per heavy atom. The number of amides is 1. The molecule has 2 aromatic heterocycles. The zero-order valence-electron chi connectivity index (χ0n) is 13.9. The van der Waals surface area contributed by atoms with E-state index in [9.17, 15) is 4.79 Å². The van der Waals surface area contributed by atoms with Crippen molar-refractivity contribution < 1.29 is 9.32 Å². The predicted octanol–water partition coefficient (Wildman–Crippen LogP) is 4.48. The summed E-state index contributed by atoms with van der Waals surface area (Å²) in [6, 6.07) is 8.31. The average Bonchev–Trinajstić information content (AvgIpc) is 3.21. The van der Waals surface area contributed by atoms with Gasteiger partial charge in [-0.1, -0.05) is 43.3 Å². The first kappa shape index (κ1) is 16.4. The number of anilines is 1. The van der Waals surface area contributed by atoms with Crippen LogP contribution in [0.25, 0.3) is 11.3 Å². The smallest absolute Gasteiger partial charge is 0.262 e. The molecule has 5 nitrogen and oxygen atoms in total. The Hall–Kier alpha value is -2.47. The lowest BCUT2D eigenvalue weighted by Crippen LogP contribution is -2.14. The molecule has 0 saturated heterocycles. The number of hydrogen-bond donors (Lipinski definition) is 1. The molecular formula is C18H19N3O2S. The molecule has 124 valence electrons. The van der Waals surface area contributed by atoms with Crippen LogP contribution >= 0.6 is 11.3 Å². The summed E-state index contributed by atoms with van der Waals surface area (Å²) in [5.41, 5.74) is 4.28. The van der Waals surface area contributed by atoms with Crippen LogP contribution in [0.2, 0.25) is 0 Å². The SMILES string of the molecule is CCc1ccc(-c2csc(NC(=O)c3c(C)noc3CC)n2)cc1. The first-order valence-electron chi connectivity index (χ1n) is 7.93. The van der Waals surface area contributed by atoms with E-state index in [-0.39, 0.29) is 5.91 Å². The molecule has 0 radical (unpaired) electrons. The van der Waals surface area contributed by atoms with Crippen LogP contribution in [0.4, 0.5) is 5.13 Å². The minimum Gasteiger partial charge on any atom is -0.360 e. The number of rotatable bonds is 5. The molecule has 2 heterocycles. The van der Waals surface area contributed by atoms with Gasteiger partial charge in [-0.05, 0) is 18.9 Å². The van der Waals surface area contributed by atoms with Crippen molar-refractivity contribution in [1.29, 1.82) is 0 Å². The predicted molar refractivity (Wildman–Crippen MR) is 95.5 cm³/mol. The minimum atomic E-state index is -0.229. The number of benzene rings is 1. The fourth-order valence-corrected chi connectivity index (χ4v) is 3.20. The third-order valence-corrected chi connectivity index (χ3v) is 4.62. The molecule has 0 saturated carbocycles. The van der Waals surface area contributed by atoms with E-state index in [0.717, 1.165) is 17.7 Å². The molecule has 0 bridgehead atoms. The van der Waals surface area contributed by atoms with E-state index in [0.29, 0.717) is 28.6 Å². The van der Waals surface area contributed by atoms with Crippen LogP contribution in [0.15, 0.2) is 34.2 Å². The van der Waals surface area contributed by atoms with Gasteiger partial charge in [-0.15, -0.1) is 11.3 Å². The van der Waals surface area contributed by atoms with Gasteiger partial charge in [-0.2, -0.15) is 0 Å². The highest BCUT2D eigenvalue weighted by molar-refractivity contribution is 7.14. The Bertz CT molecular complexity index is 850. The minimum absolute atomic E-state index is 0.229. The molecule has 0 aliphatic rings. The highest BCUT2D eigenvalue weighted by atomic mass is 32.1. The maximum Gasteiger partial charge on any atom is 0.262 e. The molecule has 0 aliphatic heterocycles. The van der Waals surface area contributed by atoms with Gasteiger partial charge < -0.3 is 4.52 Å². The van der Waals surface area contributed by atoms with E-state index in [1.165, 1.54) is 16.9 Å². The summed E-state index contributed by atoms with van der Waals surface area (Å²) in [6.45, 7) is 5.82. The molecule has 0 aliphatic carbocycles. The third-order valence-electron chi connectivity index (χ3n) is 3.86. The number of nitrogens with zero attached hydrogens (tertiary/aromatic N) is 2. The first-order chi connectivity index (χ1) is 11.6. The highest BCUT2D eigenvalue weighted by Gasteiger charge is 2.20. The zero-order chi connectivity index (χ0) is 17.1. The van der Waals surface area contributed by atoms with Gasteiger partial charge in [0, 0.05) is 17.4 Å². The molecule has 3 aromatic rings. The van der Waals surface area contributed by atoms with Crippen molar-refractivity contribution >= 4 is 22.4 Å². The Labute approximate surface area is 144 Å². The number of thiazole rings is 1. The molecule has 0 unspecified atom stereocenters. The van der Waals surface area contributed by atoms with Crippen molar-refractivity contribution in [2.75, 3.05) is 5.32 Å². The van der Waals surface area contributed by atoms with E-state index < -0.39 is 0 Å². The summed E-state index contributed by atoms with van der Waals surface area (Å²) in [5, 5.41) is 9.22. The number of aromatic nitrogens is 2. The van der Waals surface area contributed by atoms with Gasteiger partial charge in [-0.25, -0.2) is 4.98 Å². The van der Waals surface area contributed by atoms with Crippen LogP contribution in [0, 0.1) is 6.92 Å². The van der Waals surface area contributed by atoms with E-state index in [1.54, 1.807) is 6.92 Å². The Balaban J connectivity index is 1.78. The highest BCUT2D eigenvalue weighted by Crippen LogP contribution is 2.26. The molecule has 1 N–H and O–H groups in total. The van der Waals surface area contributed by atoms with Gasteiger partial charge in [-0.3, -0.25) is 10.1 Å². The van der Waals surface area contributed by atoms with Crippen LogP contribution in [-0.2, 0) is 12.8 Å². The van der Waals surface area contributed by atoms with Crippen molar-refractivity contribution in [2.45, 2.75) is 33.6 Å². The summed E-state index contributed by atoms with van der Waals surface area (Å²) in [6.07, 6.45) is 1.63. The number of nitrogens with one attached hydrogen (secondary N) is 1. The van der Waals surface area contributed by atoms with Gasteiger partial charge in [0.1, 0.15) is 11.3 Å². The number of carbonyl (C=O) groups is 1. The Morgan fingerprint density at radius 3 is 2.62 bits per heavy atom. The monoisotopic (exact) mass is 341 g/mol. The second-order valence-electron chi connectivity index (χ2n) is 5.46. The Kier molecular flexibility index (Phi) is 4.76. The van der Waals surface area contributed by atoms with Crippen LogP contribution in [0.3, 0.4) is 0 Å². The molecule has 0 spiro atoms. The lowest BCUT2D eigenvalue weighted by Gasteiger charge is -2.02. The van der Waals surface area contributed by atoms with Crippen molar-refractivity contribution in [3.05, 3.63) is 52.2 Å². The van der Waals surface area contributed by atoms with Crippen LogP contribution in [0.5, 0.6) is 0 Å². The summed E-state index contributed by atoms with van der Waals surface area (Å²) >= 11 is 1.41. The van der Waals surface area contributed by atoms with Gasteiger partial charge in [0.05, 0.1) is 11.4 Å². The van der Waals surface area contributed by atoms with Gasteiger partial charge in [0.15, 0.2) is 5.13 Å². The van der Waals surface area contributed by atoms with Crippen LogP contribution in [-0.4, -0.2) is 16.0 Å². The van der Waals surface area contributed by atoms with E-state index >= 15 is 0 Å². The summed E-state index contributed by atoms with van der Waals surface area (Å²) in [4.78, 5) is 17.0. The Morgan fingerprint density at radius 2 is 1.96 bits per heavy atom. The largest absolute Gasteiger partial charge is 0.360 e. The van der Waals surface area contributed by atoms with Crippen LogP contribution < -0.4 is 5.32 Å². The van der Waals surface area contributed by atoms with Gasteiger partial charge >= 0.3 is 0 Å². The summed E-state index contributed by atoms with van der Waals surface area (Å²) in [5.74, 6) is 0.366. The second kappa shape index (κ2) is 6.97. The van der Waals surface area contributed by atoms with Crippen molar-refractivity contribution in [1.82, 2.24) is 10.1 Å². The standard InChI is InChI=1S/C18H19N3O2S/c1-4-12-6-8-13(9-7-12)14-10-24-18(19-14)20-17(22)16-11(3)21-23-15(16)5-2/h6-10H,4-5H2,1-3H3,(H,19,20,22). The van der Waals surface area contributed by atoms with E-state index in [2.05, 4.69) is 46.6 Å². The summed E-state index contributed by atoms with van der Waals surface area (Å²) in [7, 11) is 0. The molecule has 0 fully saturated rings. The molecule has 3 rings (SSSR count). The second-order valence-corrected chi connectivity index (χ2v) is 6.32. The topological polar surface area (TPSA) is 68.0 Å². The fraction of sp³-hybridized carbons (Fsp3) is 0.278. The average molecular weight is 341 g/mol. The van der Waals surface area contributed by atoms with Crippen LogP contribution in [0.1, 0.15) is 41.2 Å². The number of aryl methyl sites for hydroxylation is 3. The lowest BCUT2D eigenvalue weighted by atomic mass is 10.1. The van der Waals surface area contributed by atoms with Gasteiger partial charge in [0.2, 0.25) is 0 Å². The molecule has 24 heavy (non-hydrogen) atoms. The normalized spacial score (nSPS) is 10.8. The molecule has 0 atom stereocenters. The van der Waals surface area contributed by atoms with E-state index in [1.807, 2.05) is 12.3 Å². The van der Waals surface area contributed by atoms with E-state index in [4.69, 9.17) is 4.52 Å². The molecule has 1 aromatic carbocycles. The third kappa shape index (κ3) is 3.23.